The van der Waals surface area contributed by atoms with E-state index in [1.807, 2.05) is 24.5 Å². The van der Waals surface area contributed by atoms with E-state index in [0.29, 0.717) is 0 Å². The number of hydrogen-bond donors (Lipinski definition) is 1. The first-order valence-electron chi connectivity index (χ1n) is 7.20. The fraction of sp³-hybridized carbons (Fsp3) is 0.438. The van der Waals surface area contributed by atoms with Gasteiger partial charge in [0, 0.05) is 4.88 Å². The molecule has 0 radical (unpaired) electrons. The number of aromatic nitrogens is 1. The molecule has 0 saturated carbocycles. The smallest absolute Gasteiger partial charge is 0.126 e. The maximum absolute atomic E-state index is 14.0. The Balaban J connectivity index is 1.88. The van der Waals surface area contributed by atoms with Gasteiger partial charge in [-0.15, -0.1) is 11.3 Å². The Morgan fingerprint density at radius 2 is 2.20 bits per heavy atom. The Bertz CT molecular complexity index is 658. The molecule has 104 valence electrons. The number of fused-ring (bicyclic) bond motifs is 2. The highest BCUT2D eigenvalue weighted by atomic mass is 32.1. The fourth-order valence-electron chi connectivity index (χ4n) is 3.62. The Morgan fingerprint density at radius 1 is 1.30 bits per heavy atom. The maximum atomic E-state index is 14.0. The second kappa shape index (κ2) is 4.37. The van der Waals surface area contributed by atoms with Crippen LogP contribution in [0, 0.1) is 5.82 Å². The third kappa shape index (κ3) is 1.55. The van der Waals surface area contributed by atoms with Crippen LogP contribution in [0.5, 0.6) is 0 Å². The third-order valence-electron chi connectivity index (χ3n) is 4.72. The summed E-state index contributed by atoms with van der Waals surface area (Å²) in [7, 11) is 1.96. The van der Waals surface area contributed by atoms with E-state index in [2.05, 4.69) is 11.4 Å². The van der Waals surface area contributed by atoms with Crippen molar-refractivity contribution in [2.24, 2.45) is 0 Å². The fourth-order valence-corrected chi connectivity index (χ4v) is 5.01. The summed E-state index contributed by atoms with van der Waals surface area (Å²) in [5.41, 5.74) is 2.92. The van der Waals surface area contributed by atoms with E-state index < -0.39 is 0 Å². The number of rotatable bonds is 2. The molecule has 0 saturated heterocycles. The molecular weight excluding hydrogens is 271 g/mol. The predicted octanol–water partition coefficient (Wildman–Crippen LogP) is 3.18. The molecule has 0 fully saturated rings. The molecule has 1 unspecified atom stereocenters. The quantitative estimate of drug-likeness (QED) is 0.918. The van der Waals surface area contributed by atoms with E-state index in [9.17, 15) is 4.39 Å². The van der Waals surface area contributed by atoms with Gasteiger partial charge in [-0.25, -0.2) is 9.37 Å². The highest BCUT2D eigenvalue weighted by Crippen LogP contribution is 2.45. The van der Waals surface area contributed by atoms with Gasteiger partial charge in [0.2, 0.25) is 0 Å². The molecule has 1 N–H and O–H groups in total. The lowest BCUT2D eigenvalue weighted by atomic mass is 9.92. The van der Waals surface area contributed by atoms with Gasteiger partial charge in [-0.2, -0.15) is 0 Å². The Labute approximate surface area is 122 Å². The zero-order chi connectivity index (χ0) is 13.7. The topological polar surface area (TPSA) is 24.9 Å². The second-order valence-electron chi connectivity index (χ2n) is 5.66. The molecule has 0 spiro atoms. The molecule has 2 aromatic rings. The molecule has 20 heavy (non-hydrogen) atoms. The van der Waals surface area contributed by atoms with Crippen molar-refractivity contribution < 1.29 is 4.39 Å². The highest BCUT2D eigenvalue weighted by molar-refractivity contribution is 7.12. The highest BCUT2D eigenvalue weighted by Gasteiger charge is 2.43. The minimum Gasteiger partial charge on any atom is -0.305 e. The van der Waals surface area contributed by atoms with Crippen molar-refractivity contribution in [3.63, 3.8) is 0 Å². The predicted molar refractivity (Wildman–Crippen MR) is 78.7 cm³/mol. The van der Waals surface area contributed by atoms with Crippen LogP contribution in [-0.2, 0) is 24.8 Å². The average molecular weight is 288 g/mol. The second-order valence-corrected chi connectivity index (χ2v) is 6.75. The van der Waals surface area contributed by atoms with Gasteiger partial charge in [0.05, 0.1) is 11.2 Å². The molecule has 2 nitrogen and oxygen atoms in total. The van der Waals surface area contributed by atoms with Gasteiger partial charge in [0.25, 0.3) is 0 Å². The SMILES string of the molecule is CNC1(c2nc3c(s2)CCC3)CCc2c(F)cccc21. The zero-order valence-corrected chi connectivity index (χ0v) is 12.3. The molecule has 4 rings (SSSR count). The molecule has 2 aliphatic carbocycles. The van der Waals surface area contributed by atoms with Crippen LogP contribution in [0.15, 0.2) is 18.2 Å². The summed E-state index contributed by atoms with van der Waals surface area (Å²) in [6.45, 7) is 0. The summed E-state index contributed by atoms with van der Waals surface area (Å²) < 4.78 is 14.0. The van der Waals surface area contributed by atoms with E-state index in [1.54, 1.807) is 6.07 Å². The first-order chi connectivity index (χ1) is 9.74. The average Bonchev–Trinajstić information content (AvgIpc) is 3.11. The van der Waals surface area contributed by atoms with Gasteiger partial charge < -0.3 is 5.32 Å². The van der Waals surface area contributed by atoms with Crippen molar-refractivity contribution in [3.05, 3.63) is 50.7 Å². The standard InChI is InChI=1S/C16H17FN2S/c1-18-16(15-19-13-6-3-7-14(13)20-15)9-8-10-11(16)4-2-5-12(10)17/h2,4-5,18H,3,6-9H2,1H3. The van der Waals surface area contributed by atoms with Crippen molar-refractivity contribution in [3.8, 4) is 0 Å². The Hall–Kier alpha value is -1.26. The summed E-state index contributed by atoms with van der Waals surface area (Å²) in [6, 6.07) is 5.42. The summed E-state index contributed by atoms with van der Waals surface area (Å²) in [5, 5.41) is 4.57. The molecule has 1 aromatic heterocycles. The van der Waals surface area contributed by atoms with E-state index in [4.69, 9.17) is 4.98 Å². The van der Waals surface area contributed by atoms with Crippen molar-refractivity contribution in [2.45, 2.75) is 37.6 Å². The lowest BCUT2D eigenvalue weighted by Gasteiger charge is -2.28. The molecule has 4 heteroatoms. The van der Waals surface area contributed by atoms with Crippen molar-refractivity contribution in [1.29, 1.82) is 0 Å². The maximum Gasteiger partial charge on any atom is 0.126 e. The number of nitrogens with zero attached hydrogens (tertiary/aromatic N) is 1. The van der Waals surface area contributed by atoms with Crippen LogP contribution in [0.3, 0.4) is 0 Å². The van der Waals surface area contributed by atoms with Crippen LogP contribution in [0.25, 0.3) is 0 Å². The Kier molecular flexibility index (Phi) is 2.72. The molecule has 0 amide bonds. The lowest BCUT2D eigenvalue weighted by Crippen LogP contribution is -2.39. The summed E-state index contributed by atoms with van der Waals surface area (Å²) in [6.07, 6.45) is 5.16. The summed E-state index contributed by atoms with van der Waals surface area (Å²) >= 11 is 1.82. The monoisotopic (exact) mass is 288 g/mol. The zero-order valence-electron chi connectivity index (χ0n) is 11.5. The van der Waals surface area contributed by atoms with Crippen LogP contribution in [0.2, 0.25) is 0 Å². The number of hydrogen-bond acceptors (Lipinski definition) is 3. The number of halogens is 1. The van der Waals surface area contributed by atoms with Crippen LogP contribution in [-0.4, -0.2) is 12.0 Å². The van der Waals surface area contributed by atoms with Crippen LogP contribution >= 0.6 is 11.3 Å². The van der Waals surface area contributed by atoms with Crippen molar-refractivity contribution in [1.82, 2.24) is 10.3 Å². The van der Waals surface area contributed by atoms with Gasteiger partial charge in [0.15, 0.2) is 0 Å². The molecule has 2 aliphatic rings. The third-order valence-corrected chi connectivity index (χ3v) is 6.04. The minimum atomic E-state index is -0.285. The number of thiazole rings is 1. The molecular formula is C16H17FN2S. The van der Waals surface area contributed by atoms with Gasteiger partial charge >= 0.3 is 0 Å². The van der Waals surface area contributed by atoms with Crippen molar-refractivity contribution >= 4 is 11.3 Å². The molecule has 1 atom stereocenters. The first-order valence-corrected chi connectivity index (χ1v) is 8.02. The van der Waals surface area contributed by atoms with E-state index in [0.717, 1.165) is 41.8 Å². The normalized spacial score (nSPS) is 23.9. The minimum absolute atomic E-state index is 0.0799. The van der Waals surface area contributed by atoms with Crippen LogP contribution in [0.1, 0.15) is 39.5 Å². The molecule has 0 aliphatic heterocycles. The summed E-state index contributed by atoms with van der Waals surface area (Å²) in [5.74, 6) is -0.0799. The van der Waals surface area contributed by atoms with Gasteiger partial charge in [-0.1, -0.05) is 12.1 Å². The van der Waals surface area contributed by atoms with Gasteiger partial charge in [-0.3, -0.25) is 0 Å². The molecule has 1 heterocycles. The van der Waals surface area contributed by atoms with E-state index in [-0.39, 0.29) is 11.4 Å². The lowest BCUT2D eigenvalue weighted by molar-refractivity contribution is 0.433. The van der Waals surface area contributed by atoms with Crippen LogP contribution in [0.4, 0.5) is 4.39 Å². The largest absolute Gasteiger partial charge is 0.305 e. The molecule has 1 aromatic carbocycles. The van der Waals surface area contributed by atoms with Gasteiger partial charge in [-0.05, 0) is 56.3 Å². The molecule has 0 bridgehead atoms. The number of benzene rings is 1. The number of nitrogens with one attached hydrogen (secondary N) is 1. The first kappa shape index (κ1) is 12.5. The summed E-state index contributed by atoms with van der Waals surface area (Å²) in [4.78, 5) is 6.31. The van der Waals surface area contributed by atoms with E-state index >= 15 is 0 Å². The van der Waals surface area contributed by atoms with Crippen molar-refractivity contribution in [2.75, 3.05) is 7.05 Å². The van der Waals surface area contributed by atoms with Gasteiger partial charge in [0.1, 0.15) is 10.8 Å². The van der Waals surface area contributed by atoms with Crippen LogP contribution < -0.4 is 5.32 Å². The Morgan fingerprint density at radius 3 is 3.00 bits per heavy atom. The number of aryl methyl sites for hydroxylation is 2. The van der Waals surface area contributed by atoms with E-state index in [1.165, 1.54) is 17.0 Å².